The molecule has 1 aromatic rings. The predicted octanol–water partition coefficient (Wildman–Crippen LogP) is 2.37. The van der Waals surface area contributed by atoms with Gasteiger partial charge in [0.2, 0.25) is 0 Å². The van der Waals surface area contributed by atoms with Crippen LogP contribution in [-0.2, 0) is 6.42 Å². The lowest BCUT2D eigenvalue weighted by Crippen LogP contribution is -2.25. The van der Waals surface area contributed by atoms with Gasteiger partial charge in [-0.2, -0.15) is 0 Å². The lowest BCUT2D eigenvalue weighted by atomic mass is 9.95. The highest BCUT2D eigenvalue weighted by Gasteiger charge is 2.24. The van der Waals surface area contributed by atoms with Crippen molar-refractivity contribution in [3.8, 4) is 11.5 Å². The monoisotopic (exact) mass is 235 g/mol. The van der Waals surface area contributed by atoms with E-state index in [1.54, 1.807) is 14.2 Å². The Bertz CT molecular complexity index is 378. The van der Waals surface area contributed by atoms with Crippen molar-refractivity contribution < 1.29 is 9.47 Å². The summed E-state index contributed by atoms with van der Waals surface area (Å²) in [5.41, 5.74) is 7.38. The Labute approximate surface area is 103 Å². The summed E-state index contributed by atoms with van der Waals surface area (Å²) < 4.78 is 10.5. The highest BCUT2D eigenvalue weighted by atomic mass is 16.5. The number of methoxy groups -OCH3 is 2. The zero-order valence-corrected chi connectivity index (χ0v) is 10.6. The molecule has 0 amide bonds. The molecule has 0 aliphatic heterocycles. The minimum Gasteiger partial charge on any atom is -0.493 e. The molecular weight excluding hydrogens is 214 g/mol. The molecule has 0 radical (unpaired) electrons. The molecular formula is C14H21NO2. The van der Waals surface area contributed by atoms with Crippen molar-refractivity contribution in [3.05, 3.63) is 23.8 Å². The van der Waals surface area contributed by atoms with Gasteiger partial charge in [0, 0.05) is 6.04 Å². The minimum absolute atomic E-state index is 0.364. The molecule has 0 spiro atoms. The molecule has 1 saturated carbocycles. The second kappa shape index (κ2) is 5.41. The third-order valence-corrected chi connectivity index (χ3v) is 3.66. The Morgan fingerprint density at radius 3 is 2.53 bits per heavy atom. The fourth-order valence-electron chi connectivity index (χ4n) is 2.63. The Morgan fingerprint density at radius 1 is 1.18 bits per heavy atom. The van der Waals surface area contributed by atoms with Gasteiger partial charge in [-0.1, -0.05) is 12.5 Å². The highest BCUT2D eigenvalue weighted by molar-refractivity contribution is 5.43. The number of benzene rings is 1. The highest BCUT2D eigenvalue weighted by Crippen LogP contribution is 2.31. The topological polar surface area (TPSA) is 44.5 Å². The molecule has 2 rings (SSSR count). The van der Waals surface area contributed by atoms with E-state index in [1.807, 2.05) is 6.07 Å². The molecule has 1 aliphatic carbocycles. The second-order valence-electron chi connectivity index (χ2n) is 4.75. The van der Waals surface area contributed by atoms with Crippen LogP contribution in [0.4, 0.5) is 0 Å². The standard InChI is InChI=1S/C14H21NO2/c1-16-13-7-6-10(9-14(13)17-2)8-11-4-3-5-12(11)15/h6-7,9,11-12H,3-5,8,15H2,1-2H3/t11-,12+/m0/s1. The van der Waals surface area contributed by atoms with Crippen LogP contribution in [0.2, 0.25) is 0 Å². The largest absolute Gasteiger partial charge is 0.493 e. The van der Waals surface area contributed by atoms with Crippen molar-refractivity contribution in [1.29, 1.82) is 0 Å². The van der Waals surface area contributed by atoms with E-state index in [0.29, 0.717) is 12.0 Å². The average molecular weight is 235 g/mol. The quantitative estimate of drug-likeness (QED) is 0.871. The molecule has 0 bridgehead atoms. The van der Waals surface area contributed by atoms with E-state index in [2.05, 4.69) is 12.1 Å². The Kier molecular flexibility index (Phi) is 3.89. The van der Waals surface area contributed by atoms with Crippen LogP contribution in [0.3, 0.4) is 0 Å². The molecule has 3 nitrogen and oxygen atoms in total. The van der Waals surface area contributed by atoms with Crippen LogP contribution in [0.5, 0.6) is 11.5 Å². The molecule has 0 saturated heterocycles. The van der Waals surface area contributed by atoms with E-state index < -0.39 is 0 Å². The molecule has 1 fully saturated rings. The minimum atomic E-state index is 0.364. The molecule has 0 heterocycles. The molecule has 94 valence electrons. The Morgan fingerprint density at radius 2 is 1.94 bits per heavy atom. The molecule has 1 aromatic carbocycles. The van der Waals surface area contributed by atoms with Gasteiger partial charge in [-0.3, -0.25) is 0 Å². The Balaban J connectivity index is 2.10. The van der Waals surface area contributed by atoms with Gasteiger partial charge in [0.1, 0.15) is 0 Å². The van der Waals surface area contributed by atoms with Gasteiger partial charge in [-0.15, -0.1) is 0 Å². The van der Waals surface area contributed by atoms with Crippen LogP contribution in [0, 0.1) is 5.92 Å². The fraction of sp³-hybridized carbons (Fsp3) is 0.571. The van der Waals surface area contributed by atoms with Crippen LogP contribution >= 0.6 is 0 Å². The maximum Gasteiger partial charge on any atom is 0.160 e. The first-order valence-corrected chi connectivity index (χ1v) is 6.21. The average Bonchev–Trinajstić information content (AvgIpc) is 2.75. The molecule has 1 aliphatic rings. The zero-order valence-electron chi connectivity index (χ0n) is 10.6. The fourth-order valence-corrected chi connectivity index (χ4v) is 2.63. The van der Waals surface area contributed by atoms with E-state index in [1.165, 1.54) is 18.4 Å². The maximum absolute atomic E-state index is 6.10. The van der Waals surface area contributed by atoms with Crippen molar-refractivity contribution in [2.45, 2.75) is 31.7 Å². The molecule has 2 N–H and O–H groups in total. The first-order valence-electron chi connectivity index (χ1n) is 6.21. The summed E-state index contributed by atoms with van der Waals surface area (Å²) in [6.45, 7) is 0. The van der Waals surface area contributed by atoms with Crippen molar-refractivity contribution >= 4 is 0 Å². The molecule has 2 atom stereocenters. The van der Waals surface area contributed by atoms with E-state index in [0.717, 1.165) is 24.3 Å². The second-order valence-corrected chi connectivity index (χ2v) is 4.75. The number of rotatable bonds is 4. The summed E-state index contributed by atoms with van der Waals surface area (Å²) in [7, 11) is 3.33. The molecule has 17 heavy (non-hydrogen) atoms. The van der Waals surface area contributed by atoms with Crippen LogP contribution in [0.1, 0.15) is 24.8 Å². The smallest absolute Gasteiger partial charge is 0.160 e. The maximum atomic E-state index is 6.10. The van der Waals surface area contributed by atoms with Crippen molar-refractivity contribution in [3.63, 3.8) is 0 Å². The van der Waals surface area contributed by atoms with Gasteiger partial charge >= 0.3 is 0 Å². The summed E-state index contributed by atoms with van der Waals surface area (Å²) >= 11 is 0. The van der Waals surface area contributed by atoms with Gasteiger partial charge in [-0.25, -0.2) is 0 Å². The van der Waals surface area contributed by atoms with Crippen LogP contribution in [0.25, 0.3) is 0 Å². The van der Waals surface area contributed by atoms with Gasteiger partial charge < -0.3 is 15.2 Å². The van der Waals surface area contributed by atoms with E-state index >= 15 is 0 Å². The van der Waals surface area contributed by atoms with Gasteiger partial charge in [0.25, 0.3) is 0 Å². The van der Waals surface area contributed by atoms with Crippen molar-refractivity contribution in [2.75, 3.05) is 14.2 Å². The van der Waals surface area contributed by atoms with E-state index in [-0.39, 0.29) is 0 Å². The number of hydrogen-bond donors (Lipinski definition) is 1. The third-order valence-electron chi connectivity index (χ3n) is 3.66. The first kappa shape index (κ1) is 12.2. The third kappa shape index (κ3) is 2.72. The van der Waals surface area contributed by atoms with E-state index in [9.17, 15) is 0 Å². The summed E-state index contributed by atoms with van der Waals surface area (Å²) in [6, 6.07) is 6.49. The number of ether oxygens (including phenoxy) is 2. The lowest BCUT2D eigenvalue weighted by molar-refractivity contribution is 0.354. The zero-order chi connectivity index (χ0) is 12.3. The molecule has 3 heteroatoms. The lowest BCUT2D eigenvalue weighted by Gasteiger charge is -2.16. The molecule has 0 unspecified atom stereocenters. The first-order chi connectivity index (χ1) is 8.24. The summed E-state index contributed by atoms with van der Waals surface area (Å²) in [5, 5.41) is 0. The SMILES string of the molecule is COc1ccc(C[C@@H]2CCC[C@H]2N)cc1OC. The summed E-state index contributed by atoms with van der Waals surface area (Å²) in [5.74, 6) is 2.21. The number of hydrogen-bond acceptors (Lipinski definition) is 3. The van der Waals surface area contributed by atoms with Crippen molar-refractivity contribution in [2.24, 2.45) is 11.7 Å². The Hall–Kier alpha value is -1.22. The van der Waals surface area contributed by atoms with Crippen molar-refractivity contribution in [1.82, 2.24) is 0 Å². The van der Waals surface area contributed by atoms with Gasteiger partial charge in [0.15, 0.2) is 11.5 Å². The van der Waals surface area contributed by atoms with Crippen LogP contribution in [-0.4, -0.2) is 20.3 Å². The van der Waals surface area contributed by atoms with Gasteiger partial charge in [0.05, 0.1) is 14.2 Å². The van der Waals surface area contributed by atoms with E-state index in [4.69, 9.17) is 15.2 Å². The normalized spacial score (nSPS) is 23.7. The van der Waals surface area contributed by atoms with Crippen LogP contribution < -0.4 is 15.2 Å². The summed E-state index contributed by atoms with van der Waals surface area (Å²) in [4.78, 5) is 0. The number of nitrogens with two attached hydrogens (primary N) is 1. The predicted molar refractivity (Wildman–Crippen MR) is 68.6 cm³/mol. The summed E-state index contributed by atoms with van der Waals surface area (Å²) in [6.07, 6.45) is 4.72. The molecule has 0 aromatic heterocycles. The van der Waals surface area contributed by atoms with Crippen LogP contribution in [0.15, 0.2) is 18.2 Å². The van der Waals surface area contributed by atoms with Gasteiger partial charge in [-0.05, 0) is 42.9 Å².